The van der Waals surface area contributed by atoms with Gasteiger partial charge in [-0.05, 0) is 19.3 Å². The molecule has 0 aromatic carbocycles. The molecular formula is C28H47ClF9NO4. The zero-order valence-corrected chi connectivity index (χ0v) is 26.2. The van der Waals surface area contributed by atoms with Gasteiger partial charge in [0.2, 0.25) is 0 Å². The first-order valence-electron chi connectivity index (χ1n) is 14.5. The summed E-state index contributed by atoms with van der Waals surface area (Å²) in [5.74, 6) is -20.2. The highest BCUT2D eigenvalue weighted by molar-refractivity contribution is 5.72. The van der Waals surface area contributed by atoms with Gasteiger partial charge in [-0.2, -0.15) is 39.5 Å². The Morgan fingerprint density at radius 2 is 1.16 bits per heavy atom. The van der Waals surface area contributed by atoms with Crippen LogP contribution in [0.3, 0.4) is 0 Å². The number of carbonyl (C=O) groups is 2. The molecule has 0 amide bonds. The summed E-state index contributed by atoms with van der Waals surface area (Å²) in [6.45, 7) is 2.32. The molecule has 0 aromatic heterocycles. The molecule has 0 unspecified atom stereocenters. The Morgan fingerprint density at radius 3 is 1.67 bits per heavy atom. The lowest BCUT2D eigenvalue weighted by molar-refractivity contribution is -0.873. The largest absolute Gasteiger partial charge is 1.00 e. The standard InChI is InChI=1S/C28H47F9NO4.ClH/c1-5-6-7-8-9-10-11-14-17-23(39)42-22(21-38(2,3)4)20-24(40)41-19-16-13-12-15-18-25(29,30)26(31,32)27(33,34)28(35,36)37;/h22H,5-21H2,1-4H3;1H/q+1;/p-1/t22-;/m1./s1. The molecule has 43 heavy (non-hydrogen) atoms. The molecule has 0 saturated carbocycles. The topological polar surface area (TPSA) is 52.6 Å². The van der Waals surface area contributed by atoms with E-state index in [2.05, 4.69) is 6.92 Å². The van der Waals surface area contributed by atoms with E-state index in [1.54, 1.807) is 0 Å². The summed E-state index contributed by atoms with van der Waals surface area (Å²) in [7, 11) is 5.57. The lowest BCUT2D eigenvalue weighted by Gasteiger charge is -2.33. The minimum absolute atomic E-state index is 0. The number of rotatable bonds is 23. The lowest BCUT2D eigenvalue weighted by Crippen LogP contribution is -3.00. The van der Waals surface area contributed by atoms with E-state index in [0.717, 1.165) is 19.3 Å². The van der Waals surface area contributed by atoms with Gasteiger partial charge in [0.05, 0.1) is 34.2 Å². The maximum atomic E-state index is 13.6. The SMILES string of the molecule is CCCCCCCCCCC(=O)O[C@H](CC(=O)OCCCCCCC(F)(F)C(F)(F)C(F)(F)C(F)(F)F)C[N+](C)(C)C.[Cl-]. The van der Waals surface area contributed by atoms with Crippen LogP contribution >= 0.6 is 0 Å². The molecule has 0 spiro atoms. The van der Waals surface area contributed by atoms with Gasteiger partial charge < -0.3 is 26.4 Å². The predicted octanol–water partition coefficient (Wildman–Crippen LogP) is 5.49. The van der Waals surface area contributed by atoms with E-state index in [0.29, 0.717) is 17.4 Å². The molecule has 0 aromatic rings. The Labute approximate surface area is 255 Å². The summed E-state index contributed by atoms with van der Waals surface area (Å²) in [5, 5.41) is 0. The predicted molar refractivity (Wildman–Crippen MR) is 140 cm³/mol. The van der Waals surface area contributed by atoms with Crippen molar-refractivity contribution in [2.75, 3.05) is 34.3 Å². The molecule has 0 bridgehead atoms. The van der Waals surface area contributed by atoms with E-state index in [1.807, 2.05) is 21.1 Å². The van der Waals surface area contributed by atoms with Crippen LogP contribution in [-0.4, -0.2) is 80.8 Å². The quantitative estimate of drug-likeness (QED) is 0.0626. The zero-order chi connectivity index (χ0) is 32.7. The Morgan fingerprint density at radius 1 is 0.674 bits per heavy atom. The molecule has 0 aliphatic heterocycles. The molecule has 0 saturated heterocycles. The van der Waals surface area contributed by atoms with E-state index < -0.39 is 54.8 Å². The first-order valence-corrected chi connectivity index (χ1v) is 14.5. The van der Waals surface area contributed by atoms with E-state index in [9.17, 15) is 49.1 Å². The third-order valence-electron chi connectivity index (χ3n) is 6.54. The number of hydrogen-bond donors (Lipinski definition) is 0. The Kier molecular flexibility index (Phi) is 20.2. The number of ether oxygens (including phenoxy) is 2. The smallest absolute Gasteiger partial charge is 0.460 e. The molecule has 0 aliphatic carbocycles. The normalized spacial score (nSPS) is 13.8. The van der Waals surface area contributed by atoms with Crippen molar-refractivity contribution in [2.24, 2.45) is 0 Å². The van der Waals surface area contributed by atoms with Crippen molar-refractivity contribution in [3.05, 3.63) is 0 Å². The van der Waals surface area contributed by atoms with Crippen molar-refractivity contribution >= 4 is 11.9 Å². The van der Waals surface area contributed by atoms with Crippen LogP contribution in [0.2, 0.25) is 0 Å². The number of carbonyl (C=O) groups excluding carboxylic acids is 2. The summed E-state index contributed by atoms with van der Waals surface area (Å²) in [4.78, 5) is 24.6. The van der Waals surface area contributed by atoms with Gasteiger partial charge in [-0.3, -0.25) is 9.59 Å². The highest BCUT2D eigenvalue weighted by atomic mass is 35.5. The first-order chi connectivity index (χ1) is 19.2. The molecule has 1 atom stereocenters. The molecular weight excluding hydrogens is 621 g/mol. The second-order valence-corrected chi connectivity index (χ2v) is 11.7. The van der Waals surface area contributed by atoms with Crippen molar-refractivity contribution in [2.45, 2.75) is 133 Å². The third kappa shape index (κ3) is 17.0. The summed E-state index contributed by atoms with van der Waals surface area (Å²) in [6, 6.07) is 0. The molecule has 0 fully saturated rings. The molecule has 0 radical (unpaired) electrons. The molecule has 0 rings (SSSR count). The van der Waals surface area contributed by atoms with Crippen LogP contribution in [0.1, 0.15) is 103 Å². The van der Waals surface area contributed by atoms with Gasteiger partial charge in [0.1, 0.15) is 6.54 Å². The average molecular weight is 668 g/mol. The van der Waals surface area contributed by atoms with Gasteiger partial charge in [0, 0.05) is 12.8 Å². The van der Waals surface area contributed by atoms with E-state index in [4.69, 9.17) is 9.47 Å². The van der Waals surface area contributed by atoms with Gasteiger partial charge in [0.15, 0.2) is 6.10 Å². The van der Waals surface area contributed by atoms with Crippen LogP contribution in [0.25, 0.3) is 0 Å². The number of quaternary nitrogens is 1. The Bertz CT molecular complexity index is 791. The highest BCUT2D eigenvalue weighted by Crippen LogP contribution is 2.54. The number of esters is 2. The van der Waals surface area contributed by atoms with Crippen LogP contribution in [0, 0.1) is 0 Å². The van der Waals surface area contributed by atoms with Crippen molar-refractivity contribution in [3.63, 3.8) is 0 Å². The minimum Gasteiger partial charge on any atom is -1.00 e. The number of hydrogen-bond acceptors (Lipinski definition) is 4. The molecule has 0 heterocycles. The molecule has 0 aliphatic rings. The fraction of sp³-hybridized carbons (Fsp3) is 0.929. The lowest BCUT2D eigenvalue weighted by atomic mass is 9.98. The van der Waals surface area contributed by atoms with Gasteiger partial charge in [-0.1, -0.05) is 64.7 Å². The average Bonchev–Trinajstić information content (AvgIpc) is 2.83. The van der Waals surface area contributed by atoms with Gasteiger partial charge in [-0.25, -0.2) is 0 Å². The van der Waals surface area contributed by atoms with Crippen molar-refractivity contribution in [1.82, 2.24) is 0 Å². The van der Waals surface area contributed by atoms with Gasteiger partial charge in [-0.15, -0.1) is 0 Å². The second kappa shape index (κ2) is 19.8. The number of unbranched alkanes of at least 4 members (excludes halogenated alkanes) is 10. The molecule has 0 N–H and O–H groups in total. The van der Waals surface area contributed by atoms with Crippen LogP contribution in [0.15, 0.2) is 0 Å². The maximum Gasteiger partial charge on any atom is 0.460 e. The summed E-state index contributed by atoms with van der Waals surface area (Å²) in [5.41, 5.74) is 0. The van der Waals surface area contributed by atoms with Gasteiger partial charge >= 0.3 is 35.9 Å². The van der Waals surface area contributed by atoms with Crippen molar-refractivity contribution in [3.8, 4) is 0 Å². The first kappa shape index (κ1) is 43.7. The third-order valence-corrected chi connectivity index (χ3v) is 6.54. The van der Waals surface area contributed by atoms with Crippen molar-refractivity contribution in [1.29, 1.82) is 0 Å². The van der Waals surface area contributed by atoms with Crippen LogP contribution < -0.4 is 12.4 Å². The van der Waals surface area contributed by atoms with Crippen molar-refractivity contribution < 1.29 is 75.5 Å². The van der Waals surface area contributed by atoms with Crippen LogP contribution in [0.5, 0.6) is 0 Å². The summed E-state index contributed by atoms with van der Waals surface area (Å²) < 4.78 is 127. The van der Waals surface area contributed by atoms with E-state index in [-0.39, 0.29) is 51.1 Å². The fourth-order valence-corrected chi connectivity index (χ4v) is 4.20. The highest BCUT2D eigenvalue weighted by Gasteiger charge is 2.81. The fourth-order valence-electron chi connectivity index (χ4n) is 4.20. The molecule has 258 valence electrons. The Balaban J connectivity index is 0. The maximum absolute atomic E-state index is 13.6. The number of nitrogens with zero attached hydrogens (tertiary/aromatic N) is 1. The van der Waals surface area contributed by atoms with Crippen LogP contribution in [0.4, 0.5) is 39.5 Å². The minimum atomic E-state index is -6.89. The van der Waals surface area contributed by atoms with Gasteiger partial charge in [0.25, 0.3) is 0 Å². The molecule has 15 heteroatoms. The molecule has 5 nitrogen and oxygen atoms in total. The summed E-state index contributed by atoms with van der Waals surface area (Å²) in [6.07, 6.45) is -1.66. The van der Waals surface area contributed by atoms with E-state index >= 15 is 0 Å². The second-order valence-electron chi connectivity index (χ2n) is 11.7. The zero-order valence-electron chi connectivity index (χ0n) is 25.5. The van der Waals surface area contributed by atoms with E-state index in [1.165, 1.54) is 25.7 Å². The Hall–Kier alpha value is -1.44. The number of likely N-dealkylation sites (N-methyl/N-ethyl adjacent to an activating group) is 1. The number of halogens is 10. The van der Waals surface area contributed by atoms with Crippen LogP contribution in [-0.2, 0) is 19.1 Å². The number of alkyl halides is 9. The summed E-state index contributed by atoms with van der Waals surface area (Å²) >= 11 is 0. The monoisotopic (exact) mass is 667 g/mol.